The molecule has 0 aliphatic heterocycles. The van der Waals surface area contributed by atoms with Gasteiger partial charge in [0.25, 0.3) is 0 Å². The van der Waals surface area contributed by atoms with Crippen LogP contribution >= 0.6 is 11.3 Å². The highest BCUT2D eigenvalue weighted by molar-refractivity contribution is 7.25. The van der Waals surface area contributed by atoms with Crippen LogP contribution in [0, 0.1) is 0 Å². The average Bonchev–Trinajstić information content (AvgIpc) is 3.67. The average molecular weight is 572 g/mol. The molecule has 0 N–H and O–H groups in total. The quantitative estimate of drug-likeness (QED) is 0.194. The monoisotopic (exact) mass is 571 g/mol. The molecule has 0 saturated heterocycles. The molecule has 0 saturated carbocycles. The predicted molar refractivity (Wildman–Crippen MR) is 188 cm³/mol. The van der Waals surface area contributed by atoms with Crippen molar-refractivity contribution in [3.8, 4) is 27.9 Å². The van der Waals surface area contributed by atoms with Crippen molar-refractivity contribution in [2.45, 2.75) is 33.1 Å². The molecule has 0 amide bonds. The minimum absolute atomic E-state index is 0.00166. The third-order valence-electron chi connectivity index (χ3n) is 9.21. The maximum absolute atomic E-state index is 2.43. The highest BCUT2D eigenvalue weighted by atomic mass is 32.1. The maximum Gasteiger partial charge on any atom is 0.0541 e. The zero-order chi connectivity index (χ0) is 29.3. The second-order valence-electron chi connectivity index (χ2n) is 11.8. The number of fused-ring (bicyclic) bond motifs is 9. The van der Waals surface area contributed by atoms with Gasteiger partial charge in [0.2, 0.25) is 0 Å². The molecule has 1 aliphatic rings. The second kappa shape index (κ2) is 9.69. The highest BCUT2D eigenvalue weighted by Gasteiger charge is 2.35. The van der Waals surface area contributed by atoms with Crippen molar-refractivity contribution >= 4 is 53.3 Å². The Hall–Kier alpha value is -4.66. The fourth-order valence-electron chi connectivity index (χ4n) is 7.17. The van der Waals surface area contributed by atoms with Gasteiger partial charge in [-0.1, -0.05) is 107 Å². The van der Waals surface area contributed by atoms with Gasteiger partial charge >= 0.3 is 0 Å². The molecule has 43 heavy (non-hydrogen) atoms. The summed E-state index contributed by atoms with van der Waals surface area (Å²) in [4.78, 5) is 0. The number of aromatic nitrogens is 1. The van der Waals surface area contributed by atoms with Gasteiger partial charge in [0.1, 0.15) is 0 Å². The van der Waals surface area contributed by atoms with Crippen LogP contribution in [-0.2, 0) is 5.41 Å². The Morgan fingerprint density at radius 3 is 1.79 bits per heavy atom. The van der Waals surface area contributed by atoms with Crippen LogP contribution in [0.25, 0.3) is 69.9 Å². The first-order chi connectivity index (χ1) is 21.1. The molecule has 2 aromatic heterocycles. The fraction of sp³-hybridized carbons (Fsp3) is 0.122. The summed E-state index contributed by atoms with van der Waals surface area (Å²) in [6.07, 6.45) is 0. The minimum atomic E-state index is -0.00166. The van der Waals surface area contributed by atoms with Gasteiger partial charge in [0.15, 0.2) is 0 Å². The Balaban J connectivity index is 0.00000136. The summed E-state index contributed by atoms with van der Waals surface area (Å²) in [6, 6.07) is 47.4. The van der Waals surface area contributed by atoms with Crippen molar-refractivity contribution in [3.63, 3.8) is 0 Å². The van der Waals surface area contributed by atoms with Crippen LogP contribution in [0.3, 0.4) is 0 Å². The lowest BCUT2D eigenvalue weighted by molar-refractivity contribution is 0.660. The molecule has 1 aliphatic carbocycles. The van der Waals surface area contributed by atoms with Crippen LogP contribution in [-0.4, -0.2) is 4.57 Å². The Labute approximate surface area is 256 Å². The van der Waals surface area contributed by atoms with Gasteiger partial charge in [-0.2, -0.15) is 0 Å². The van der Waals surface area contributed by atoms with E-state index in [1.54, 1.807) is 0 Å². The molecule has 0 bridgehead atoms. The lowest BCUT2D eigenvalue weighted by Gasteiger charge is -2.22. The van der Waals surface area contributed by atoms with Crippen molar-refractivity contribution in [1.29, 1.82) is 0 Å². The smallest absolute Gasteiger partial charge is 0.0541 e. The van der Waals surface area contributed by atoms with Crippen LogP contribution in [0.4, 0.5) is 0 Å². The Morgan fingerprint density at radius 1 is 0.488 bits per heavy atom. The van der Waals surface area contributed by atoms with Gasteiger partial charge in [-0.3, -0.25) is 0 Å². The van der Waals surface area contributed by atoms with Gasteiger partial charge in [0.05, 0.1) is 11.0 Å². The van der Waals surface area contributed by atoms with Crippen molar-refractivity contribution in [2.75, 3.05) is 0 Å². The molecule has 0 unspecified atom stereocenters. The van der Waals surface area contributed by atoms with Crippen LogP contribution in [0.5, 0.6) is 0 Å². The number of hydrogen-bond donors (Lipinski definition) is 0. The van der Waals surface area contributed by atoms with Crippen LogP contribution < -0.4 is 0 Å². The zero-order valence-electron chi connectivity index (χ0n) is 25.0. The number of hydrogen-bond acceptors (Lipinski definition) is 1. The fourth-order valence-corrected chi connectivity index (χ4v) is 8.24. The first kappa shape index (κ1) is 26.0. The third kappa shape index (κ3) is 3.76. The molecule has 0 fully saturated rings. The summed E-state index contributed by atoms with van der Waals surface area (Å²) in [6.45, 7) is 8.71. The number of nitrogens with zero attached hydrogens (tertiary/aromatic N) is 1. The van der Waals surface area contributed by atoms with Crippen LogP contribution in [0.1, 0.15) is 38.8 Å². The molecular formula is C41H33NS. The van der Waals surface area contributed by atoms with Gasteiger partial charge in [0, 0.05) is 42.0 Å². The molecule has 0 radical (unpaired) electrons. The summed E-state index contributed by atoms with van der Waals surface area (Å²) in [7, 11) is 0. The molecule has 1 nitrogen and oxygen atoms in total. The Bertz CT molecular complexity index is 2290. The van der Waals surface area contributed by atoms with E-state index in [4.69, 9.17) is 0 Å². The number of benzene rings is 6. The first-order valence-corrected chi connectivity index (χ1v) is 16.1. The normalized spacial score (nSPS) is 13.3. The van der Waals surface area contributed by atoms with Crippen molar-refractivity contribution < 1.29 is 0 Å². The number of para-hydroxylation sites is 2. The SMILES string of the molecule is CC.CC1(C)c2ccccc2-c2ccc(-c3ccc4sc5ccc(-n6c7ccccc7c7ccccc76)cc5c4c3)cc21. The van der Waals surface area contributed by atoms with Gasteiger partial charge in [-0.25, -0.2) is 0 Å². The zero-order valence-corrected chi connectivity index (χ0v) is 25.8. The van der Waals surface area contributed by atoms with E-state index in [1.165, 1.54) is 81.0 Å². The molecular weight excluding hydrogens is 539 g/mol. The summed E-state index contributed by atoms with van der Waals surface area (Å²) >= 11 is 1.88. The van der Waals surface area contributed by atoms with E-state index in [0.29, 0.717) is 0 Å². The lowest BCUT2D eigenvalue weighted by Crippen LogP contribution is -2.14. The van der Waals surface area contributed by atoms with Gasteiger partial charge in [-0.05, 0) is 81.9 Å². The van der Waals surface area contributed by atoms with Crippen molar-refractivity contribution in [2.24, 2.45) is 0 Å². The van der Waals surface area contributed by atoms with Gasteiger partial charge in [-0.15, -0.1) is 11.3 Å². The van der Waals surface area contributed by atoms with E-state index in [9.17, 15) is 0 Å². The Morgan fingerprint density at radius 2 is 1.05 bits per heavy atom. The molecule has 208 valence electrons. The van der Waals surface area contributed by atoms with Crippen LogP contribution in [0.2, 0.25) is 0 Å². The second-order valence-corrected chi connectivity index (χ2v) is 12.9. The third-order valence-corrected chi connectivity index (χ3v) is 10.4. The molecule has 6 aromatic carbocycles. The summed E-state index contributed by atoms with van der Waals surface area (Å²) in [5.74, 6) is 0. The topological polar surface area (TPSA) is 4.93 Å². The standard InChI is InChI=1S/C39H27NS.C2H6/c1-39(2)33-12-6-3-9-27(33)28-18-15-25(22-34(28)39)24-16-19-37-31(21-24)32-23-26(17-20-38(32)41-37)40-35-13-7-4-10-29(35)30-11-5-8-14-36(30)40;1-2/h3-23H,1-2H3;1-2H3. The summed E-state index contributed by atoms with van der Waals surface area (Å²) in [5.41, 5.74) is 11.8. The summed E-state index contributed by atoms with van der Waals surface area (Å²) < 4.78 is 5.07. The lowest BCUT2D eigenvalue weighted by atomic mass is 9.81. The van der Waals surface area contributed by atoms with Crippen molar-refractivity contribution in [1.82, 2.24) is 4.57 Å². The predicted octanol–water partition coefficient (Wildman–Crippen LogP) is 12.2. The van der Waals surface area contributed by atoms with E-state index in [2.05, 4.69) is 146 Å². The van der Waals surface area contributed by atoms with Crippen LogP contribution in [0.15, 0.2) is 127 Å². The molecule has 2 heteroatoms. The molecule has 2 heterocycles. The summed E-state index contributed by atoms with van der Waals surface area (Å²) in [5, 5.41) is 5.23. The molecule has 0 atom stereocenters. The molecule has 8 aromatic rings. The highest BCUT2D eigenvalue weighted by Crippen LogP contribution is 2.49. The van der Waals surface area contributed by atoms with E-state index in [-0.39, 0.29) is 5.41 Å². The minimum Gasteiger partial charge on any atom is -0.309 e. The van der Waals surface area contributed by atoms with E-state index >= 15 is 0 Å². The Kier molecular flexibility index (Phi) is 5.86. The molecule has 0 spiro atoms. The van der Waals surface area contributed by atoms with E-state index in [0.717, 1.165) is 0 Å². The number of thiophene rings is 1. The largest absolute Gasteiger partial charge is 0.309 e. The van der Waals surface area contributed by atoms with Gasteiger partial charge < -0.3 is 4.57 Å². The number of rotatable bonds is 2. The van der Waals surface area contributed by atoms with E-state index < -0.39 is 0 Å². The first-order valence-electron chi connectivity index (χ1n) is 15.3. The van der Waals surface area contributed by atoms with Crippen molar-refractivity contribution in [3.05, 3.63) is 139 Å². The maximum atomic E-state index is 2.43. The molecule has 9 rings (SSSR count). The van der Waals surface area contributed by atoms with E-state index in [1.807, 2.05) is 25.2 Å².